The zero-order valence-electron chi connectivity index (χ0n) is 16.9. The maximum atomic E-state index is 13.2. The number of carbonyl (C=O) groups is 4. The van der Waals surface area contributed by atoms with Crippen molar-refractivity contribution in [3.05, 3.63) is 81.9 Å². The van der Waals surface area contributed by atoms with Gasteiger partial charge in [0.25, 0.3) is 17.7 Å². The highest BCUT2D eigenvalue weighted by Gasteiger charge is 2.37. The lowest BCUT2D eigenvalue weighted by Gasteiger charge is -2.13. The zero-order valence-corrected chi connectivity index (χ0v) is 16.9. The van der Waals surface area contributed by atoms with Crippen molar-refractivity contribution in [3.8, 4) is 6.07 Å². The topological polar surface area (TPSA) is 120 Å². The van der Waals surface area contributed by atoms with Gasteiger partial charge in [0, 0.05) is 5.56 Å². The molecule has 1 aliphatic heterocycles. The minimum Gasteiger partial charge on any atom is -0.443 e. The van der Waals surface area contributed by atoms with Crippen LogP contribution in [0.1, 0.15) is 59.7 Å². The van der Waals surface area contributed by atoms with E-state index in [2.05, 4.69) is 5.32 Å². The predicted molar refractivity (Wildman–Crippen MR) is 110 cm³/mol. The van der Waals surface area contributed by atoms with Crippen molar-refractivity contribution in [2.24, 2.45) is 0 Å². The molecule has 0 saturated carbocycles. The van der Waals surface area contributed by atoms with Crippen LogP contribution in [0, 0.1) is 24.1 Å². The van der Waals surface area contributed by atoms with Gasteiger partial charge >= 0.3 is 0 Å². The summed E-state index contributed by atoms with van der Waals surface area (Å²) < 4.78 is 18.6. The summed E-state index contributed by atoms with van der Waals surface area (Å²) in [7, 11) is 0. The van der Waals surface area contributed by atoms with Crippen molar-refractivity contribution in [2.45, 2.75) is 13.8 Å². The number of fused-ring (bicyclic) bond motifs is 1. The molecule has 8 nitrogen and oxygen atoms in total. The van der Waals surface area contributed by atoms with E-state index >= 15 is 0 Å². The van der Waals surface area contributed by atoms with Crippen LogP contribution in [-0.2, 0) is 0 Å². The number of hydrogen-bond donors (Lipinski definition) is 1. The van der Waals surface area contributed by atoms with Crippen LogP contribution in [0.3, 0.4) is 0 Å². The molecule has 32 heavy (non-hydrogen) atoms. The quantitative estimate of drug-likeness (QED) is 0.495. The first-order chi connectivity index (χ1) is 15.2. The summed E-state index contributed by atoms with van der Waals surface area (Å²) in [4.78, 5) is 50.9. The van der Waals surface area contributed by atoms with Crippen LogP contribution in [0.25, 0.3) is 0 Å². The van der Waals surface area contributed by atoms with E-state index in [4.69, 9.17) is 4.42 Å². The fourth-order valence-corrected chi connectivity index (χ4v) is 3.55. The number of hydrogen-bond acceptors (Lipinski definition) is 6. The molecule has 1 N–H and O–H groups in total. The standard InChI is InChI=1S/C23H14FN3O5/c1-11(28)19-12(2)32-21(18(19)10-25)26-20(29)13-3-8-16-17(9-13)23(31)27(22(16)30)15-6-4-14(24)5-7-15/h3-9H,1-2H3,(H,26,29). The third-order valence-corrected chi connectivity index (χ3v) is 5.01. The Hall–Kier alpha value is -4.58. The normalized spacial score (nSPS) is 12.5. The Morgan fingerprint density at radius 2 is 1.72 bits per heavy atom. The van der Waals surface area contributed by atoms with E-state index in [-0.39, 0.29) is 50.9 Å². The monoisotopic (exact) mass is 431 g/mol. The summed E-state index contributed by atoms with van der Waals surface area (Å²) >= 11 is 0. The van der Waals surface area contributed by atoms with Gasteiger partial charge in [0.1, 0.15) is 23.2 Å². The molecule has 0 unspecified atom stereocenters. The van der Waals surface area contributed by atoms with Gasteiger partial charge in [0.2, 0.25) is 5.88 Å². The molecule has 0 spiro atoms. The highest BCUT2D eigenvalue weighted by Crippen LogP contribution is 2.30. The SMILES string of the molecule is CC(=O)c1c(C)oc(NC(=O)c2ccc3c(c2)C(=O)N(c2ccc(F)cc2)C3=O)c1C#N. The molecule has 3 amide bonds. The molecule has 4 rings (SSSR count). The largest absolute Gasteiger partial charge is 0.443 e. The van der Waals surface area contributed by atoms with Crippen LogP contribution >= 0.6 is 0 Å². The van der Waals surface area contributed by atoms with Crippen LogP contribution in [0.2, 0.25) is 0 Å². The van der Waals surface area contributed by atoms with E-state index in [0.29, 0.717) is 0 Å². The zero-order chi connectivity index (χ0) is 23.2. The second-order valence-electron chi connectivity index (χ2n) is 7.04. The smallest absolute Gasteiger partial charge is 0.266 e. The molecule has 3 aromatic rings. The minimum absolute atomic E-state index is 0.00697. The molecule has 0 fully saturated rings. The second-order valence-corrected chi connectivity index (χ2v) is 7.04. The van der Waals surface area contributed by atoms with E-state index in [9.17, 15) is 28.8 Å². The molecule has 1 aliphatic rings. The van der Waals surface area contributed by atoms with Crippen LogP contribution < -0.4 is 10.2 Å². The number of amides is 3. The molecule has 0 aliphatic carbocycles. The van der Waals surface area contributed by atoms with Gasteiger partial charge in [-0.1, -0.05) is 0 Å². The summed E-state index contributed by atoms with van der Waals surface area (Å²) in [6, 6.07) is 10.7. The Morgan fingerprint density at radius 1 is 1.06 bits per heavy atom. The van der Waals surface area contributed by atoms with Gasteiger partial charge in [0.05, 0.1) is 22.4 Å². The first-order valence-corrected chi connectivity index (χ1v) is 9.37. The van der Waals surface area contributed by atoms with Gasteiger partial charge in [0.15, 0.2) is 5.78 Å². The number of aryl methyl sites for hydroxylation is 1. The number of nitrogens with one attached hydrogen (secondary N) is 1. The highest BCUT2D eigenvalue weighted by atomic mass is 19.1. The Morgan fingerprint density at radius 3 is 2.34 bits per heavy atom. The Balaban J connectivity index is 1.65. The molecular weight excluding hydrogens is 417 g/mol. The lowest BCUT2D eigenvalue weighted by Crippen LogP contribution is -2.29. The van der Waals surface area contributed by atoms with E-state index in [1.165, 1.54) is 44.2 Å². The van der Waals surface area contributed by atoms with Crippen LogP contribution in [0.5, 0.6) is 0 Å². The third-order valence-electron chi connectivity index (χ3n) is 5.01. The molecule has 0 atom stereocenters. The van der Waals surface area contributed by atoms with Gasteiger partial charge in [-0.15, -0.1) is 0 Å². The molecule has 2 aromatic carbocycles. The number of rotatable bonds is 4. The Labute approximate surface area is 180 Å². The van der Waals surface area contributed by atoms with E-state index in [1.807, 2.05) is 6.07 Å². The first-order valence-electron chi connectivity index (χ1n) is 9.37. The van der Waals surface area contributed by atoms with Crippen molar-refractivity contribution in [1.82, 2.24) is 0 Å². The van der Waals surface area contributed by atoms with Crippen molar-refractivity contribution in [3.63, 3.8) is 0 Å². The fraction of sp³-hybridized carbons (Fsp3) is 0.0870. The van der Waals surface area contributed by atoms with Crippen LogP contribution in [0.4, 0.5) is 16.0 Å². The maximum Gasteiger partial charge on any atom is 0.266 e. The van der Waals surface area contributed by atoms with Crippen molar-refractivity contribution in [1.29, 1.82) is 5.26 Å². The van der Waals surface area contributed by atoms with Crippen LogP contribution in [0.15, 0.2) is 46.9 Å². The number of carbonyl (C=O) groups excluding carboxylic acids is 4. The lowest BCUT2D eigenvalue weighted by atomic mass is 10.0. The number of nitriles is 1. The number of ketones is 1. The summed E-state index contributed by atoms with van der Waals surface area (Å²) in [6.45, 7) is 2.78. The Kier molecular flexibility index (Phi) is 4.91. The van der Waals surface area contributed by atoms with Gasteiger partial charge in [-0.3, -0.25) is 24.5 Å². The molecule has 0 radical (unpaired) electrons. The van der Waals surface area contributed by atoms with Crippen LogP contribution in [-0.4, -0.2) is 23.5 Å². The number of furan rings is 1. The Bertz CT molecular complexity index is 1370. The van der Waals surface area contributed by atoms with Gasteiger partial charge in [-0.25, -0.2) is 9.29 Å². The molecule has 9 heteroatoms. The average Bonchev–Trinajstić information content (AvgIpc) is 3.21. The third kappa shape index (κ3) is 3.24. The number of Topliss-reactive ketones (excluding diaryl/α,β-unsaturated/α-hetero) is 1. The van der Waals surface area contributed by atoms with E-state index < -0.39 is 23.5 Å². The number of anilines is 2. The van der Waals surface area contributed by atoms with E-state index in [1.54, 1.807) is 0 Å². The number of nitrogens with zero attached hydrogens (tertiary/aromatic N) is 2. The second kappa shape index (κ2) is 7.59. The molecule has 0 bridgehead atoms. The van der Waals surface area contributed by atoms with Gasteiger partial charge < -0.3 is 4.42 Å². The average molecular weight is 431 g/mol. The first kappa shape index (κ1) is 20.7. The lowest BCUT2D eigenvalue weighted by molar-refractivity contribution is 0.0924. The molecule has 0 saturated heterocycles. The number of halogens is 1. The van der Waals surface area contributed by atoms with Gasteiger partial charge in [-0.05, 0) is 56.3 Å². The molecule has 1 aromatic heterocycles. The van der Waals surface area contributed by atoms with Crippen molar-refractivity contribution >= 4 is 35.1 Å². The maximum absolute atomic E-state index is 13.2. The highest BCUT2D eigenvalue weighted by molar-refractivity contribution is 6.34. The minimum atomic E-state index is -0.700. The molecule has 158 valence electrons. The summed E-state index contributed by atoms with van der Waals surface area (Å²) in [5, 5.41) is 11.8. The number of benzene rings is 2. The summed E-state index contributed by atoms with van der Waals surface area (Å²) in [6.07, 6.45) is 0. The molecular formula is C23H14FN3O5. The van der Waals surface area contributed by atoms with Crippen molar-refractivity contribution < 1.29 is 28.0 Å². The molecule has 2 heterocycles. The summed E-state index contributed by atoms with van der Waals surface area (Å²) in [5.41, 5.74) is 0.317. The van der Waals surface area contributed by atoms with Crippen molar-refractivity contribution in [2.75, 3.05) is 10.2 Å². The predicted octanol–water partition coefficient (Wildman–Crippen LogP) is 3.85. The summed E-state index contributed by atoms with van der Waals surface area (Å²) in [5.74, 6) is -2.84. The fourth-order valence-electron chi connectivity index (χ4n) is 3.55. The van der Waals surface area contributed by atoms with Gasteiger partial charge in [-0.2, -0.15) is 5.26 Å². The van der Waals surface area contributed by atoms with E-state index in [0.717, 1.165) is 17.0 Å². The number of imide groups is 1.